The van der Waals surface area contributed by atoms with Crippen LogP contribution in [-0.2, 0) is 9.59 Å². The van der Waals surface area contributed by atoms with E-state index in [-0.39, 0.29) is 6.10 Å². The van der Waals surface area contributed by atoms with Crippen molar-refractivity contribution in [3.8, 4) is 5.75 Å². The van der Waals surface area contributed by atoms with Crippen LogP contribution in [0.5, 0.6) is 5.75 Å². The zero-order valence-electron chi connectivity index (χ0n) is 16.1. The van der Waals surface area contributed by atoms with E-state index in [1.54, 1.807) is 0 Å². The van der Waals surface area contributed by atoms with Crippen molar-refractivity contribution in [3.05, 3.63) is 76.8 Å². The van der Waals surface area contributed by atoms with Crippen LogP contribution in [-0.4, -0.2) is 53.3 Å². The Kier molecular flexibility index (Phi) is 8.89. The Hall–Kier alpha value is -2.64. The van der Waals surface area contributed by atoms with Crippen molar-refractivity contribution in [3.63, 3.8) is 0 Å². The predicted molar refractivity (Wildman–Crippen MR) is 114 cm³/mol. The highest BCUT2D eigenvalue weighted by Gasteiger charge is 2.30. The number of halogens is 1. The predicted octanol–water partition coefficient (Wildman–Crippen LogP) is 4.03. The zero-order valence-corrected chi connectivity index (χ0v) is 17.7. The molecule has 0 spiro atoms. The number of ether oxygens (including phenoxy) is 1. The second kappa shape index (κ2) is 11.4. The van der Waals surface area contributed by atoms with Gasteiger partial charge >= 0.3 is 11.9 Å². The van der Waals surface area contributed by atoms with Gasteiger partial charge in [0.05, 0.1) is 0 Å². The molecule has 154 valence electrons. The highest BCUT2D eigenvalue weighted by molar-refractivity contribution is 9.10. The van der Waals surface area contributed by atoms with Gasteiger partial charge in [0.1, 0.15) is 11.9 Å². The van der Waals surface area contributed by atoms with Crippen molar-refractivity contribution in [1.29, 1.82) is 0 Å². The van der Waals surface area contributed by atoms with Gasteiger partial charge in [0, 0.05) is 35.6 Å². The van der Waals surface area contributed by atoms with Gasteiger partial charge in [0.15, 0.2) is 0 Å². The van der Waals surface area contributed by atoms with Crippen LogP contribution in [0.3, 0.4) is 0 Å². The van der Waals surface area contributed by atoms with Gasteiger partial charge in [-0.2, -0.15) is 0 Å². The molecule has 1 heterocycles. The smallest absolute Gasteiger partial charge is 0.328 e. The van der Waals surface area contributed by atoms with Crippen LogP contribution >= 0.6 is 15.9 Å². The number of benzene rings is 2. The molecule has 1 aliphatic rings. The van der Waals surface area contributed by atoms with Gasteiger partial charge in [-0.25, -0.2) is 9.59 Å². The molecule has 29 heavy (non-hydrogen) atoms. The van der Waals surface area contributed by atoms with Crippen LogP contribution in [0.1, 0.15) is 17.9 Å². The lowest BCUT2D eigenvalue weighted by Gasteiger charge is -2.37. The summed E-state index contributed by atoms with van der Waals surface area (Å²) in [6, 6.07) is 18.8. The first-order valence-electron chi connectivity index (χ1n) is 9.15. The fourth-order valence-corrected chi connectivity index (χ4v) is 3.35. The first-order chi connectivity index (χ1) is 13.8. The Balaban J connectivity index is 0.000000321. The van der Waals surface area contributed by atoms with Crippen LogP contribution in [0.25, 0.3) is 0 Å². The van der Waals surface area contributed by atoms with Crippen molar-refractivity contribution in [2.45, 2.75) is 18.4 Å². The number of likely N-dealkylation sites (N-methyl/N-ethyl adjacent to an activating group) is 1. The lowest BCUT2D eigenvalue weighted by molar-refractivity contribution is -0.134. The lowest BCUT2D eigenvalue weighted by atomic mass is 9.88. The number of rotatable bonds is 5. The molecule has 1 aliphatic heterocycles. The largest absolute Gasteiger partial charge is 0.490 e. The summed E-state index contributed by atoms with van der Waals surface area (Å²) in [6.07, 6.45) is 2.42. The molecule has 7 heteroatoms. The second-order valence-electron chi connectivity index (χ2n) is 6.69. The number of nitrogens with zero attached hydrogens (tertiary/aromatic N) is 1. The molecule has 0 saturated carbocycles. The molecule has 2 aromatic rings. The van der Waals surface area contributed by atoms with Gasteiger partial charge in [0.25, 0.3) is 0 Å². The topological polar surface area (TPSA) is 87.1 Å². The quantitative estimate of drug-likeness (QED) is 0.653. The van der Waals surface area contributed by atoms with Crippen molar-refractivity contribution >= 4 is 27.9 Å². The minimum Gasteiger partial charge on any atom is -0.490 e. The minimum absolute atomic E-state index is 0.241. The molecular formula is C22H24BrNO5. The third-order valence-corrected chi connectivity index (χ3v) is 4.98. The fraction of sp³-hybridized carbons (Fsp3) is 0.273. The highest BCUT2D eigenvalue weighted by atomic mass is 79.9. The average Bonchev–Trinajstić information content (AvgIpc) is 2.70. The normalized spacial score (nSPS) is 19.2. The van der Waals surface area contributed by atoms with Crippen LogP contribution < -0.4 is 4.74 Å². The number of carboxylic acids is 2. The molecule has 0 aromatic heterocycles. The first kappa shape index (κ1) is 22.6. The van der Waals surface area contributed by atoms with Crippen molar-refractivity contribution < 1.29 is 24.5 Å². The summed E-state index contributed by atoms with van der Waals surface area (Å²) in [5, 5.41) is 15.6. The van der Waals surface area contributed by atoms with E-state index in [0.717, 1.165) is 29.7 Å². The number of piperidine rings is 1. The molecular weight excluding hydrogens is 438 g/mol. The van der Waals surface area contributed by atoms with Crippen molar-refractivity contribution in [2.24, 2.45) is 0 Å². The van der Waals surface area contributed by atoms with Crippen LogP contribution in [0, 0.1) is 0 Å². The van der Waals surface area contributed by atoms with E-state index in [9.17, 15) is 9.59 Å². The van der Waals surface area contributed by atoms with E-state index in [4.69, 9.17) is 14.9 Å². The van der Waals surface area contributed by atoms with E-state index >= 15 is 0 Å². The molecule has 6 nitrogen and oxygen atoms in total. The molecule has 2 aromatic carbocycles. The fourth-order valence-electron chi connectivity index (χ4n) is 3.09. The Bertz CT molecular complexity index is 807. The third kappa shape index (κ3) is 8.09. The van der Waals surface area contributed by atoms with E-state index in [2.05, 4.69) is 58.2 Å². The maximum absolute atomic E-state index is 9.55. The van der Waals surface area contributed by atoms with Gasteiger partial charge < -0.3 is 19.8 Å². The number of carbonyl (C=O) groups is 2. The van der Waals surface area contributed by atoms with Crippen LogP contribution in [0.2, 0.25) is 0 Å². The second-order valence-corrected chi connectivity index (χ2v) is 7.60. The maximum Gasteiger partial charge on any atom is 0.328 e. The Morgan fingerprint density at radius 2 is 1.62 bits per heavy atom. The molecule has 0 bridgehead atoms. The molecule has 0 unspecified atom stereocenters. The number of hydrogen-bond acceptors (Lipinski definition) is 4. The summed E-state index contributed by atoms with van der Waals surface area (Å²) >= 11 is 3.46. The summed E-state index contributed by atoms with van der Waals surface area (Å²) in [5.41, 5.74) is 1.37. The summed E-state index contributed by atoms with van der Waals surface area (Å²) in [5.74, 6) is -1.14. The number of aliphatic carboxylic acids is 2. The lowest BCUT2D eigenvalue weighted by Crippen LogP contribution is -2.42. The maximum atomic E-state index is 9.55. The van der Waals surface area contributed by atoms with Crippen molar-refractivity contribution in [2.75, 3.05) is 20.1 Å². The first-order valence-corrected chi connectivity index (χ1v) is 9.94. The number of likely N-dealkylation sites (tertiary alicyclic amines) is 1. The standard InChI is InChI=1S/C18H20BrNO.C4H4O4/c1-20-12-11-18(21-16-9-7-15(19)8-10-16)17(13-20)14-5-3-2-4-6-14;5-3(6)1-2-4(7)8/h2-10,17-18H,11-13H2,1H3;1-2H,(H,5,6)(H,7,8)/t17-,18-;/m0./s1. The monoisotopic (exact) mass is 461 g/mol. The Morgan fingerprint density at radius 1 is 1.03 bits per heavy atom. The van der Waals surface area contributed by atoms with Gasteiger partial charge in [-0.05, 0) is 43.3 Å². The molecule has 2 atom stereocenters. The Morgan fingerprint density at radius 3 is 2.17 bits per heavy atom. The molecule has 1 saturated heterocycles. The van der Waals surface area contributed by atoms with Gasteiger partial charge in [-0.15, -0.1) is 0 Å². The SMILES string of the molecule is CN1CC[C@H](Oc2ccc(Br)cc2)[C@H](c2ccccc2)C1.O=C(O)C=CC(=O)O. The third-order valence-electron chi connectivity index (χ3n) is 4.45. The molecule has 1 fully saturated rings. The summed E-state index contributed by atoms with van der Waals surface area (Å²) in [4.78, 5) is 21.5. The van der Waals surface area contributed by atoms with E-state index < -0.39 is 11.9 Å². The summed E-state index contributed by atoms with van der Waals surface area (Å²) in [7, 11) is 2.19. The molecule has 0 amide bonds. The van der Waals surface area contributed by atoms with Gasteiger partial charge in [-0.1, -0.05) is 46.3 Å². The van der Waals surface area contributed by atoms with E-state index in [1.807, 2.05) is 24.3 Å². The Labute approximate surface area is 178 Å². The van der Waals surface area contributed by atoms with Crippen LogP contribution in [0.15, 0.2) is 71.2 Å². The summed E-state index contributed by atoms with van der Waals surface area (Å²) < 4.78 is 7.36. The van der Waals surface area contributed by atoms with Gasteiger partial charge in [0.2, 0.25) is 0 Å². The van der Waals surface area contributed by atoms with Crippen molar-refractivity contribution in [1.82, 2.24) is 4.90 Å². The average molecular weight is 462 g/mol. The van der Waals surface area contributed by atoms with Crippen LogP contribution in [0.4, 0.5) is 0 Å². The number of hydrogen-bond donors (Lipinski definition) is 2. The zero-order chi connectivity index (χ0) is 21.2. The summed E-state index contributed by atoms with van der Waals surface area (Å²) in [6.45, 7) is 2.13. The number of carboxylic acid groups (broad SMARTS) is 2. The molecule has 3 rings (SSSR count). The minimum atomic E-state index is -1.26. The molecule has 0 aliphatic carbocycles. The molecule has 0 radical (unpaired) electrons. The molecule has 2 N–H and O–H groups in total. The highest BCUT2D eigenvalue weighted by Crippen LogP contribution is 2.30. The van der Waals surface area contributed by atoms with E-state index in [1.165, 1.54) is 5.56 Å². The van der Waals surface area contributed by atoms with E-state index in [0.29, 0.717) is 18.1 Å². The van der Waals surface area contributed by atoms with Gasteiger partial charge in [-0.3, -0.25) is 0 Å².